The second-order valence-corrected chi connectivity index (χ2v) is 20.3. The highest BCUT2D eigenvalue weighted by molar-refractivity contribution is 5.86. The van der Waals surface area contributed by atoms with Crippen LogP contribution in [0.5, 0.6) is 0 Å². The van der Waals surface area contributed by atoms with Crippen molar-refractivity contribution < 1.29 is 0 Å². The maximum absolute atomic E-state index is 5.43. The van der Waals surface area contributed by atoms with Crippen molar-refractivity contribution >= 4 is 0 Å². The van der Waals surface area contributed by atoms with Gasteiger partial charge in [0.15, 0.2) is 11.6 Å². The van der Waals surface area contributed by atoms with Crippen LogP contribution in [0.2, 0.25) is 0 Å². The maximum atomic E-state index is 5.43. The number of rotatable bonds is 8. The fourth-order valence-electron chi connectivity index (χ4n) is 11.2. The van der Waals surface area contributed by atoms with Gasteiger partial charge in [-0.25, -0.2) is 19.9 Å². The van der Waals surface area contributed by atoms with E-state index in [0.29, 0.717) is 11.6 Å². The zero-order chi connectivity index (χ0) is 48.6. The largest absolute Gasteiger partial charge is 0.228 e. The minimum absolute atomic E-state index is 0.145. The molecule has 0 saturated carbocycles. The molecule has 2 heterocycles. The number of nitrogens with zero attached hydrogens (tertiary/aromatic N) is 4. The summed E-state index contributed by atoms with van der Waals surface area (Å²) < 4.78 is 0. The predicted octanol–water partition coefficient (Wildman–Crippen LogP) is 17.2. The van der Waals surface area contributed by atoms with E-state index in [-0.39, 0.29) is 10.8 Å². The summed E-state index contributed by atoms with van der Waals surface area (Å²) in [5.74, 6) is 1.39. The third-order valence-corrected chi connectivity index (χ3v) is 15.1. The molecular weight excluding hydrogens is 873 g/mol. The van der Waals surface area contributed by atoms with Crippen LogP contribution < -0.4 is 0 Å². The molecule has 0 aliphatic heterocycles. The molecule has 0 fully saturated rings. The highest BCUT2D eigenvalue weighted by Gasteiger charge is 2.37. The number of aromatic nitrogens is 4. The Kier molecular flexibility index (Phi) is 10.2. The first-order valence-corrected chi connectivity index (χ1v) is 24.9. The zero-order valence-corrected chi connectivity index (χ0v) is 40.7. The molecular formula is C68H50N4. The van der Waals surface area contributed by atoms with E-state index >= 15 is 0 Å². The topological polar surface area (TPSA) is 51.6 Å². The van der Waals surface area contributed by atoms with Gasteiger partial charge < -0.3 is 0 Å². The SMILES string of the molecule is CC1(C)c2ccccc2-c2ccc(-c3cc(-c4cccc(-c5cccc(-c6cc(-c7cccc(-c8ccccc8)c7)nc(-c7ccccc7)n6)c5)c4)nc(-c4ccc5c(c4)C(C)(C)c4ccccc4-5)n3)cc21. The van der Waals surface area contributed by atoms with Gasteiger partial charge in [0.1, 0.15) is 0 Å². The minimum atomic E-state index is -0.157. The van der Waals surface area contributed by atoms with Crippen LogP contribution in [0.3, 0.4) is 0 Å². The van der Waals surface area contributed by atoms with Crippen LogP contribution in [0.25, 0.3) is 112 Å². The van der Waals surface area contributed by atoms with E-state index in [1.165, 1.54) is 50.1 Å². The van der Waals surface area contributed by atoms with Gasteiger partial charge in [0.25, 0.3) is 0 Å². The molecule has 2 aliphatic rings. The molecule has 0 saturated heterocycles. The smallest absolute Gasteiger partial charge is 0.160 e. The number of fused-ring (bicyclic) bond motifs is 6. The van der Waals surface area contributed by atoms with Crippen molar-refractivity contribution in [3.8, 4) is 112 Å². The summed E-state index contributed by atoms with van der Waals surface area (Å²) in [4.78, 5) is 21.2. The lowest BCUT2D eigenvalue weighted by Crippen LogP contribution is -2.15. The third-order valence-electron chi connectivity index (χ3n) is 15.1. The molecule has 0 amide bonds. The Morgan fingerprint density at radius 3 is 1.01 bits per heavy atom. The van der Waals surface area contributed by atoms with Gasteiger partial charge in [0.2, 0.25) is 0 Å². The predicted molar refractivity (Wildman–Crippen MR) is 296 cm³/mol. The van der Waals surface area contributed by atoms with E-state index in [9.17, 15) is 0 Å². The molecule has 4 heteroatoms. The van der Waals surface area contributed by atoms with Crippen LogP contribution in [-0.4, -0.2) is 19.9 Å². The fraction of sp³-hybridized carbons (Fsp3) is 0.0882. The van der Waals surface area contributed by atoms with Gasteiger partial charge in [-0.1, -0.05) is 216 Å². The van der Waals surface area contributed by atoms with E-state index < -0.39 is 0 Å². The average Bonchev–Trinajstić information content (AvgIpc) is 3.82. The molecule has 72 heavy (non-hydrogen) atoms. The van der Waals surface area contributed by atoms with Gasteiger partial charge in [-0.3, -0.25) is 0 Å². The van der Waals surface area contributed by atoms with Gasteiger partial charge in [-0.05, 0) is 109 Å². The van der Waals surface area contributed by atoms with Crippen LogP contribution in [0, 0.1) is 0 Å². The van der Waals surface area contributed by atoms with E-state index in [1.807, 2.05) is 24.3 Å². The molecule has 2 aliphatic carbocycles. The number of benzene rings is 9. The Bertz CT molecular complexity index is 3800. The van der Waals surface area contributed by atoms with Crippen LogP contribution in [0.1, 0.15) is 49.9 Å². The molecule has 342 valence electrons. The lowest BCUT2D eigenvalue weighted by Gasteiger charge is -2.22. The normalized spacial score (nSPS) is 13.5. The Morgan fingerprint density at radius 1 is 0.222 bits per heavy atom. The Morgan fingerprint density at radius 2 is 0.542 bits per heavy atom. The lowest BCUT2D eigenvalue weighted by molar-refractivity contribution is 0.660. The third kappa shape index (κ3) is 7.38. The van der Waals surface area contributed by atoms with Crippen LogP contribution in [0.15, 0.2) is 231 Å². The first kappa shape index (κ1) is 43.2. The Balaban J connectivity index is 0.914. The first-order chi connectivity index (χ1) is 35.2. The molecule has 0 radical (unpaired) electrons. The standard InChI is InChI=1S/C68H50N4/c1-67(2)57-30-13-11-28-53(57)55-34-32-51(39-59(55)67)64-42-63(71-66(72-64)52-33-35-56-54-29-12-14-31-58(54)68(3,4)60(56)40-52)50-27-17-24-47(38-50)46-23-16-26-49(37-46)62-41-61(69-65(70-62)44-20-9-6-10-21-44)48-25-15-22-45(36-48)43-18-7-5-8-19-43/h5-42H,1-4H3. The highest BCUT2D eigenvalue weighted by Crippen LogP contribution is 2.51. The fourth-order valence-corrected chi connectivity index (χ4v) is 11.2. The molecule has 0 N–H and O–H groups in total. The van der Waals surface area contributed by atoms with Gasteiger partial charge in [-0.2, -0.15) is 0 Å². The molecule has 9 aromatic carbocycles. The summed E-state index contributed by atoms with van der Waals surface area (Å²) in [5, 5.41) is 0. The molecule has 2 aromatic heterocycles. The summed E-state index contributed by atoms with van der Waals surface area (Å²) in [6, 6.07) is 82.3. The van der Waals surface area contributed by atoms with E-state index in [0.717, 1.165) is 72.8 Å². The number of hydrogen-bond donors (Lipinski definition) is 0. The maximum Gasteiger partial charge on any atom is 0.160 e. The first-order valence-electron chi connectivity index (χ1n) is 24.9. The van der Waals surface area contributed by atoms with E-state index in [2.05, 4.69) is 234 Å². The van der Waals surface area contributed by atoms with Gasteiger partial charge in [0, 0.05) is 44.2 Å². The van der Waals surface area contributed by atoms with Crippen molar-refractivity contribution in [2.45, 2.75) is 38.5 Å². The molecule has 0 spiro atoms. The summed E-state index contributed by atoms with van der Waals surface area (Å²) in [5.41, 5.74) is 24.2. The van der Waals surface area contributed by atoms with Crippen LogP contribution >= 0.6 is 0 Å². The molecule has 0 unspecified atom stereocenters. The van der Waals surface area contributed by atoms with Crippen molar-refractivity contribution in [2.24, 2.45) is 0 Å². The quantitative estimate of drug-likeness (QED) is 0.152. The van der Waals surface area contributed by atoms with Gasteiger partial charge >= 0.3 is 0 Å². The van der Waals surface area contributed by atoms with E-state index in [4.69, 9.17) is 19.9 Å². The molecule has 13 rings (SSSR count). The second-order valence-electron chi connectivity index (χ2n) is 20.3. The average molecular weight is 923 g/mol. The lowest BCUT2D eigenvalue weighted by atomic mass is 9.82. The zero-order valence-electron chi connectivity index (χ0n) is 40.7. The van der Waals surface area contributed by atoms with Gasteiger partial charge in [0.05, 0.1) is 22.8 Å². The molecule has 4 nitrogen and oxygen atoms in total. The summed E-state index contributed by atoms with van der Waals surface area (Å²) in [6.45, 7) is 9.32. The number of hydrogen-bond acceptors (Lipinski definition) is 4. The minimum Gasteiger partial charge on any atom is -0.228 e. The van der Waals surface area contributed by atoms with Gasteiger partial charge in [-0.15, -0.1) is 0 Å². The molecule has 11 aromatic rings. The highest BCUT2D eigenvalue weighted by atomic mass is 14.9. The Labute approximate surface area is 421 Å². The summed E-state index contributed by atoms with van der Waals surface area (Å²) in [7, 11) is 0. The monoisotopic (exact) mass is 922 g/mol. The van der Waals surface area contributed by atoms with Crippen molar-refractivity contribution in [2.75, 3.05) is 0 Å². The van der Waals surface area contributed by atoms with Crippen molar-refractivity contribution in [1.29, 1.82) is 0 Å². The van der Waals surface area contributed by atoms with Crippen LogP contribution in [0.4, 0.5) is 0 Å². The van der Waals surface area contributed by atoms with Crippen molar-refractivity contribution in [3.63, 3.8) is 0 Å². The van der Waals surface area contributed by atoms with E-state index in [1.54, 1.807) is 0 Å². The van der Waals surface area contributed by atoms with Crippen molar-refractivity contribution in [1.82, 2.24) is 19.9 Å². The summed E-state index contributed by atoms with van der Waals surface area (Å²) in [6.07, 6.45) is 0. The van der Waals surface area contributed by atoms with Crippen molar-refractivity contribution in [3.05, 3.63) is 253 Å². The molecule has 0 atom stereocenters. The second kappa shape index (κ2) is 16.9. The summed E-state index contributed by atoms with van der Waals surface area (Å²) >= 11 is 0. The Hall–Kier alpha value is -8.86. The molecule has 0 bridgehead atoms. The van der Waals surface area contributed by atoms with Crippen LogP contribution in [-0.2, 0) is 10.8 Å².